The Kier molecular flexibility index (Phi) is 4.01. The minimum Gasteiger partial charge on any atom is -0.378 e. The maximum atomic E-state index is 12.5. The number of primary amides is 1. The summed E-state index contributed by atoms with van der Waals surface area (Å²) in [6, 6.07) is 5.00. The van der Waals surface area contributed by atoms with E-state index in [4.69, 9.17) is 17.3 Å². The van der Waals surface area contributed by atoms with Crippen LogP contribution in [-0.2, 0) is 4.79 Å². The first-order chi connectivity index (χ1) is 9.33. The summed E-state index contributed by atoms with van der Waals surface area (Å²) >= 11 is 5.87. The van der Waals surface area contributed by atoms with Gasteiger partial charge in [0.05, 0.1) is 6.54 Å². The second-order valence-corrected chi connectivity index (χ2v) is 5.62. The first kappa shape index (κ1) is 14.8. The van der Waals surface area contributed by atoms with E-state index in [2.05, 4.69) is 0 Å². The fourth-order valence-corrected chi connectivity index (χ4v) is 2.67. The molecule has 1 unspecified atom stereocenters. The molecule has 0 aromatic heterocycles. The summed E-state index contributed by atoms with van der Waals surface area (Å²) in [6.07, 6.45) is 0.823. The molecule has 3 N–H and O–H groups in total. The number of amides is 2. The highest BCUT2D eigenvalue weighted by atomic mass is 35.5. The maximum absolute atomic E-state index is 12.5. The van der Waals surface area contributed by atoms with Crippen LogP contribution in [0.25, 0.3) is 0 Å². The van der Waals surface area contributed by atoms with Crippen LogP contribution in [0.4, 0.5) is 0 Å². The largest absolute Gasteiger partial charge is 0.378 e. The number of nitrogens with two attached hydrogens (primary N) is 1. The van der Waals surface area contributed by atoms with Crippen molar-refractivity contribution >= 4 is 23.4 Å². The van der Waals surface area contributed by atoms with E-state index < -0.39 is 11.5 Å². The molecule has 108 valence electrons. The van der Waals surface area contributed by atoms with Crippen molar-refractivity contribution in [1.82, 2.24) is 4.90 Å². The number of benzene rings is 1. The van der Waals surface area contributed by atoms with Gasteiger partial charge in [-0.05, 0) is 43.5 Å². The van der Waals surface area contributed by atoms with Gasteiger partial charge in [-0.2, -0.15) is 0 Å². The molecule has 0 aliphatic carbocycles. The zero-order chi connectivity index (χ0) is 14.9. The zero-order valence-electron chi connectivity index (χ0n) is 11.2. The van der Waals surface area contributed by atoms with Gasteiger partial charge < -0.3 is 15.7 Å². The first-order valence-electron chi connectivity index (χ1n) is 6.41. The third-order valence-corrected chi connectivity index (χ3v) is 3.87. The molecule has 1 aromatic carbocycles. The Morgan fingerprint density at radius 1 is 1.45 bits per heavy atom. The fourth-order valence-electron chi connectivity index (χ4n) is 2.45. The van der Waals surface area contributed by atoms with Crippen LogP contribution in [0.15, 0.2) is 18.2 Å². The molecule has 0 bridgehead atoms. The first-order valence-corrected chi connectivity index (χ1v) is 6.79. The lowest BCUT2D eigenvalue weighted by molar-refractivity contribution is -0.140. The van der Waals surface area contributed by atoms with Gasteiger partial charge in [-0.15, -0.1) is 0 Å². The van der Waals surface area contributed by atoms with Gasteiger partial charge in [-0.1, -0.05) is 11.6 Å². The summed E-state index contributed by atoms with van der Waals surface area (Å²) in [6.45, 7) is 2.23. The van der Waals surface area contributed by atoms with E-state index in [-0.39, 0.29) is 18.9 Å². The van der Waals surface area contributed by atoms with Crippen LogP contribution in [0.2, 0.25) is 5.02 Å². The average molecular weight is 297 g/mol. The molecule has 1 aliphatic heterocycles. The third-order valence-electron chi connectivity index (χ3n) is 3.64. The Morgan fingerprint density at radius 2 is 2.15 bits per heavy atom. The highest BCUT2D eigenvalue weighted by molar-refractivity contribution is 6.30. The molecule has 0 radical (unpaired) electrons. The topological polar surface area (TPSA) is 83.6 Å². The van der Waals surface area contributed by atoms with E-state index >= 15 is 0 Å². The highest BCUT2D eigenvalue weighted by Crippen LogP contribution is 2.24. The monoisotopic (exact) mass is 296 g/mol. The standard InChI is InChI=1S/C14H17ClN2O3/c1-9-7-10(15)3-4-11(9)12(18)17-6-2-5-14(20,8-17)13(16)19/h3-4,7,20H,2,5-6,8H2,1H3,(H2,16,19). The molecule has 1 saturated heterocycles. The second kappa shape index (κ2) is 5.42. The van der Waals surface area contributed by atoms with E-state index in [0.717, 1.165) is 5.56 Å². The smallest absolute Gasteiger partial charge is 0.254 e. The lowest BCUT2D eigenvalue weighted by Crippen LogP contribution is -2.57. The number of likely N-dealkylation sites (tertiary alicyclic amines) is 1. The van der Waals surface area contributed by atoms with Crippen molar-refractivity contribution in [3.8, 4) is 0 Å². The lowest BCUT2D eigenvalue weighted by Gasteiger charge is -2.37. The Morgan fingerprint density at radius 3 is 2.75 bits per heavy atom. The van der Waals surface area contributed by atoms with Crippen LogP contribution in [0.5, 0.6) is 0 Å². The average Bonchev–Trinajstić information content (AvgIpc) is 2.38. The van der Waals surface area contributed by atoms with Gasteiger partial charge in [-0.25, -0.2) is 0 Å². The minimum atomic E-state index is -1.63. The van der Waals surface area contributed by atoms with Gasteiger partial charge in [0.1, 0.15) is 0 Å². The molecular formula is C14H17ClN2O3. The van der Waals surface area contributed by atoms with Crippen LogP contribution in [0.3, 0.4) is 0 Å². The third kappa shape index (κ3) is 2.78. The number of carbonyl (C=O) groups is 2. The predicted octanol–water partition coefficient (Wildman–Crippen LogP) is 1.10. The van der Waals surface area contributed by atoms with Gasteiger partial charge >= 0.3 is 0 Å². The summed E-state index contributed by atoms with van der Waals surface area (Å²) < 4.78 is 0. The number of hydrogen-bond acceptors (Lipinski definition) is 3. The zero-order valence-corrected chi connectivity index (χ0v) is 12.0. The molecule has 1 aromatic rings. The van der Waals surface area contributed by atoms with Crippen LogP contribution < -0.4 is 5.73 Å². The number of nitrogens with zero attached hydrogens (tertiary/aromatic N) is 1. The molecule has 5 nitrogen and oxygen atoms in total. The van der Waals surface area contributed by atoms with Crippen molar-refractivity contribution in [2.45, 2.75) is 25.4 Å². The maximum Gasteiger partial charge on any atom is 0.254 e. The van der Waals surface area contributed by atoms with Crippen molar-refractivity contribution in [2.75, 3.05) is 13.1 Å². The number of hydrogen-bond donors (Lipinski definition) is 2. The number of carbonyl (C=O) groups excluding carboxylic acids is 2. The van der Waals surface area contributed by atoms with Crippen molar-refractivity contribution in [3.63, 3.8) is 0 Å². The Hall–Kier alpha value is -1.59. The molecule has 0 spiro atoms. The van der Waals surface area contributed by atoms with Gasteiger partial charge in [0.2, 0.25) is 0 Å². The van der Waals surface area contributed by atoms with E-state index in [0.29, 0.717) is 23.6 Å². The van der Waals surface area contributed by atoms with Crippen molar-refractivity contribution in [1.29, 1.82) is 0 Å². The van der Waals surface area contributed by atoms with E-state index in [9.17, 15) is 14.7 Å². The molecule has 1 fully saturated rings. The summed E-state index contributed by atoms with van der Waals surface area (Å²) in [5.41, 5.74) is 4.85. The number of piperidine rings is 1. The molecule has 1 atom stereocenters. The lowest BCUT2D eigenvalue weighted by atomic mass is 9.91. The van der Waals surface area contributed by atoms with Crippen LogP contribution >= 0.6 is 11.6 Å². The van der Waals surface area contributed by atoms with Crippen molar-refractivity contribution in [2.24, 2.45) is 5.73 Å². The van der Waals surface area contributed by atoms with E-state index in [1.807, 2.05) is 0 Å². The van der Waals surface area contributed by atoms with Crippen LogP contribution in [-0.4, -0.2) is 40.5 Å². The molecule has 2 rings (SSSR count). The molecule has 1 heterocycles. The summed E-state index contributed by atoms with van der Waals surface area (Å²) in [7, 11) is 0. The van der Waals surface area contributed by atoms with Gasteiger partial charge in [0.15, 0.2) is 5.60 Å². The Bertz CT molecular complexity index is 561. The van der Waals surface area contributed by atoms with Gasteiger partial charge in [-0.3, -0.25) is 9.59 Å². The molecule has 20 heavy (non-hydrogen) atoms. The molecule has 0 saturated carbocycles. The number of aryl methyl sites for hydroxylation is 1. The van der Waals surface area contributed by atoms with E-state index in [1.165, 1.54) is 4.90 Å². The van der Waals surface area contributed by atoms with Crippen LogP contribution in [0, 0.1) is 6.92 Å². The fraction of sp³-hybridized carbons (Fsp3) is 0.429. The number of rotatable bonds is 2. The van der Waals surface area contributed by atoms with E-state index in [1.54, 1.807) is 25.1 Å². The predicted molar refractivity (Wildman–Crippen MR) is 75.5 cm³/mol. The number of aliphatic hydroxyl groups is 1. The molecule has 2 amide bonds. The molecular weight excluding hydrogens is 280 g/mol. The second-order valence-electron chi connectivity index (χ2n) is 5.19. The minimum absolute atomic E-state index is 0.0662. The summed E-state index contributed by atoms with van der Waals surface area (Å²) in [5, 5.41) is 10.7. The normalized spacial score (nSPS) is 22.6. The SMILES string of the molecule is Cc1cc(Cl)ccc1C(=O)N1CCCC(O)(C(N)=O)C1. The van der Waals surface area contributed by atoms with Crippen molar-refractivity contribution in [3.05, 3.63) is 34.3 Å². The Labute approximate surface area is 122 Å². The summed E-state index contributed by atoms with van der Waals surface area (Å²) in [4.78, 5) is 25.2. The number of β-amino-alcohol motifs (C(OH)–C–C–N with tert-alkyl or cyclic N) is 1. The molecule has 1 aliphatic rings. The quantitative estimate of drug-likeness (QED) is 0.857. The highest BCUT2D eigenvalue weighted by Gasteiger charge is 2.40. The van der Waals surface area contributed by atoms with Crippen LogP contribution in [0.1, 0.15) is 28.8 Å². The van der Waals surface area contributed by atoms with Gasteiger partial charge in [0, 0.05) is 17.1 Å². The Balaban J connectivity index is 2.23. The van der Waals surface area contributed by atoms with Crippen molar-refractivity contribution < 1.29 is 14.7 Å². The number of halogens is 1. The summed E-state index contributed by atoms with van der Waals surface area (Å²) in [5.74, 6) is -1.01. The molecule has 6 heteroatoms. The van der Waals surface area contributed by atoms with Gasteiger partial charge in [0.25, 0.3) is 11.8 Å².